The van der Waals surface area contributed by atoms with Gasteiger partial charge in [-0.2, -0.15) is 9.64 Å². The molecule has 0 saturated heterocycles. The predicted octanol–water partition coefficient (Wildman–Crippen LogP) is 2.84. The Morgan fingerprint density at radius 3 is 2.89 bits per heavy atom. The molecule has 1 aromatic heterocycles. The Morgan fingerprint density at radius 2 is 2.11 bits per heavy atom. The molecule has 5 nitrogen and oxygen atoms in total. The summed E-state index contributed by atoms with van der Waals surface area (Å²) in [5.74, 6) is 1.47. The zero-order valence-electron chi connectivity index (χ0n) is 10.3. The third-order valence-corrected chi connectivity index (χ3v) is 3.63. The summed E-state index contributed by atoms with van der Waals surface area (Å²) in [5, 5.41) is 13.0. The molecule has 0 spiro atoms. The number of nitrogens with zero attached hydrogens (tertiary/aromatic N) is 2. The molecule has 0 radical (unpaired) electrons. The first kappa shape index (κ1) is 11.8. The van der Waals surface area contributed by atoms with Crippen molar-refractivity contribution in [2.45, 2.75) is 6.92 Å². The maximum absolute atomic E-state index is 9.09. The van der Waals surface area contributed by atoms with E-state index in [0.29, 0.717) is 18.8 Å². The summed E-state index contributed by atoms with van der Waals surface area (Å²) in [7, 11) is 0. The van der Waals surface area contributed by atoms with Gasteiger partial charge in [0.15, 0.2) is 11.5 Å². The van der Waals surface area contributed by atoms with Crippen molar-refractivity contribution in [3.63, 3.8) is 0 Å². The minimum Gasteiger partial charge on any atom is -0.486 e. The van der Waals surface area contributed by atoms with Crippen LogP contribution in [0.2, 0.25) is 0 Å². The molecule has 0 atom stereocenters. The van der Waals surface area contributed by atoms with E-state index in [0.717, 1.165) is 27.9 Å². The lowest BCUT2D eigenvalue weighted by Gasteiger charge is -2.19. The van der Waals surface area contributed by atoms with Crippen LogP contribution in [0.15, 0.2) is 18.2 Å². The topological polar surface area (TPSA) is 67.2 Å². The molecule has 19 heavy (non-hydrogen) atoms. The lowest BCUT2D eigenvalue weighted by molar-refractivity contribution is 0.171. The van der Waals surface area contributed by atoms with Crippen LogP contribution in [0.3, 0.4) is 0 Å². The first-order valence-electron chi connectivity index (χ1n) is 5.81. The highest BCUT2D eigenvalue weighted by atomic mass is 32.1. The van der Waals surface area contributed by atoms with Crippen LogP contribution in [0.25, 0.3) is 0 Å². The monoisotopic (exact) mass is 273 g/mol. The second kappa shape index (κ2) is 4.78. The summed E-state index contributed by atoms with van der Waals surface area (Å²) in [6, 6.07) is 7.77. The maximum Gasteiger partial charge on any atom is 0.163 e. The number of anilines is 2. The van der Waals surface area contributed by atoms with Gasteiger partial charge in [0.25, 0.3) is 0 Å². The number of nitrogens with one attached hydrogen (secondary N) is 1. The number of hydrogen-bond acceptors (Lipinski definition) is 6. The van der Waals surface area contributed by atoms with Gasteiger partial charge < -0.3 is 14.8 Å². The van der Waals surface area contributed by atoms with Crippen LogP contribution in [-0.4, -0.2) is 17.6 Å². The Kier molecular flexibility index (Phi) is 2.97. The van der Waals surface area contributed by atoms with Gasteiger partial charge >= 0.3 is 0 Å². The van der Waals surface area contributed by atoms with E-state index in [1.807, 2.05) is 25.1 Å². The number of hydrogen-bond donors (Lipinski definition) is 1. The highest BCUT2D eigenvalue weighted by Crippen LogP contribution is 2.35. The molecular weight excluding hydrogens is 262 g/mol. The molecule has 0 aliphatic carbocycles. The Morgan fingerprint density at radius 1 is 1.32 bits per heavy atom. The van der Waals surface area contributed by atoms with Crippen molar-refractivity contribution >= 4 is 22.2 Å². The van der Waals surface area contributed by atoms with Crippen LogP contribution in [0.5, 0.6) is 11.5 Å². The molecule has 0 fully saturated rings. The molecule has 1 N–H and O–H groups in total. The molecular formula is C13H11N3O2S. The minimum absolute atomic E-state index is 0.555. The van der Waals surface area contributed by atoms with E-state index in [-0.39, 0.29) is 0 Å². The second-order valence-corrected chi connectivity index (χ2v) is 4.84. The molecule has 3 rings (SSSR count). The normalized spacial score (nSPS) is 12.8. The summed E-state index contributed by atoms with van der Waals surface area (Å²) in [5.41, 5.74) is 2.18. The van der Waals surface area contributed by atoms with Gasteiger partial charge in [-0.3, -0.25) is 0 Å². The van der Waals surface area contributed by atoms with Gasteiger partial charge in [0.1, 0.15) is 29.8 Å². The maximum atomic E-state index is 9.09. The molecule has 2 aromatic rings. The van der Waals surface area contributed by atoms with Gasteiger partial charge in [0.05, 0.1) is 5.69 Å². The second-order valence-electron chi connectivity index (χ2n) is 4.07. The fourth-order valence-electron chi connectivity index (χ4n) is 1.84. The molecule has 1 aromatic carbocycles. The number of benzene rings is 1. The molecule has 1 aliphatic rings. The zero-order chi connectivity index (χ0) is 13.2. The van der Waals surface area contributed by atoms with Crippen molar-refractivity contribution in [2.24, 2.45) is 0 Å². The Labute approximate surface area is 114 Å². The van der Waals surface area contributed by atoms with E-state index in [4.69, 9.17) is 14.7 Å². The molecule has 0 bridgehead atoms. The van der Waals surface area contributed by atoms with Gasteiger partial charge in [0, 0.05) is 11.8 Å². The summed E-state index contributed by atoms with van der Waals surface area (Å²) >= 11 is 1.28. The van der Waals surface area contributed by atoms with Gasteiger partial charge in [-0.15, -0.1) is 0 Å². The van der Waals surface area contributed by atoms with Crippen LogP contribution >= 0.6 is 11.5 Å². The van der Waals surface area contributed by atoms with Gasteiger partial charge in [-0.05, 0) is 30.6 Å². The van der Waals surface area contributed by atoms with Crippen LogP contribution < -0.4 is 14.8 Å². The molecule has 0 amide bonds. The first-order valence-corrected chi connectivity index (χ1v) is 6.58. The Balaban J connectivity index is 1.89. The summed E-state index contributed by atoms with van der Waals surface area (Å²) in [6.07, 6.45) is 0. The first-order chi connectivity index (χ1) is 9.28. The zero-order valence-corrected chi connectivity index (χ0v) is 11.1. The summed E-state index contributed by atoms with van der Waals surface area (Å²) < 4.78 is 15.2. The van der Waals surface area contributed by atoms with Crippen LogP contribution in [0.1, 0.15) is 11.3 Å². The van der Waals surface area contributed by atoms with Crippen molar-refractivity contribution in [2.75, 3.05) is 18.5 Å². The Bertz CT molecular complexity index is 660. The van der Waals surface area contributed by atoms with Crippen LogP contribution in [0.4, 0.5) is 10.7 Å². The average molecular weight is 273 g/mol. The molecule has 1 aliphatic heterocycles. The lowest BCUT2D eigenvalue weighted by Crippen LogP contribution is -2.15. The fourth-order valence-corrected chi connectivity index (χ4v) is 2.61. The third kappa shape index (κ3) is 2.20. The quantitative estimate of drug-likeness (QED) is 0.911. The van der Waals surface area contributed by atoms with Crippen LogP contribution in [-0.2, 0) is 0 Å². The van der Waals surface area contributed by atoms with Crippen molar-refractivity contribution in [1.29, 1.82) is 5.26 Å². The number of ether oxygens (including phenoxy) is 2. The van der Waals surface area contributed by atoms with Crippen molar-refractivity contribution in [3.05, 3.63) is 29.5 Å². The largest absolute Gasteiger partial charge is 0.486 e. The Hall–Kier alpha value is -2.26. The number of aromatic nitrogens is 1. The van der Waals surface area contributed by atoms with Gasteiger partial charge in [-0.1, -0.05) is 0 Å². The smallest absolute Gasteiger partial charge is 0.163 e. The summed E-state index contributed by atoms with van der Waals surface area (Å²) in [6.45, 7) is 2.95. The molecule has 6 heteroatoms. The van der Waals surface area contributed by atoms with Crippen molar-refractivity contribution in [3.8, 4) is 17.6 Å². The number of rotatable bonds is 2. The standard InChI is InChI=1S/C13H11N3O2S/c1-8-10(7-14)13(19-16-8)15-9-2-3-11-12(6-9)18-5-4-17-11/h2-3,6,15H,4-5H2,1H3. The SMILES string of the molecule is Cc1nsc(Nc2ccc3c(c2)OCCO3)c1C#N. The number of fused-ring (bicyclic) bond motifs is 1. The minimum atomic E-state index is 0.555. The molecule has 0 unspecified atom stereocenters. The van der Waals surface area contributed by atoms with E-state index >= 15 is 0 Å². The van der Waals surface area contributed by atoms with E-state index in [2.05, 4.69) is 15.8 Å². The van der Waals surface area contributed by atoms with E-state index in [1.54, 1.807) is 0 Å². The average Bonchev–Trinajstić information content (AvgIpc) is 2.79. The molecule has 0 saturated carbocycles. The lowest BCUT2D eigenvalue weighted by atomic mass is 10.2. The number of nitriles is 1. The van der Waals surface area contributed by atoms with Gasteiger partial charge in [-0.25, -0.2) is 0 Å². The molecule has 2 heterocycles. The number of aryl methyl sites for hydroxylation is 1. The van der Waals surface area contributed by atoms with E-state index in [9.17, 15) is 0 Å². The fraction of sp³-hybridized carbons (Fsp3) is 0.231. The van der Waals surface area contributed by atoms with Crippen LogP contribution in [0, 0.1) is 18.3 Å². The highest BCUT2D eigenvalue weighted by molar-refractivity contribution is 7.10. The third-order valence-electron chi connectivity index (χ3n) is 2.77. The predicted molar refractivity (Wildman–Crippen MR) is 72.3 cm³/mol. The van der Waals surface area contributed by atoms with E-state index in [1.165, 1.54) is 11.5 Å². The van der Waals surface area contributed by atoms with Gasteiger partial charge in [0.2, 0.25) is 0 Å². The van der Waals surface area contributed by atoms with Crippen molar-refractivity contribution < 1.29 is 9.47 Å². The highest BCUT2D eigenvalue weighted by Gasteiger charge is 2.14. The van der Waals surface area contributed by atoms with E-state index < -0.39 is 0 Å². The van der Waals surface area contributed by atoms with Crippen molar-refractivity contribution in [1.82, 2.24) is 4.37 Å². The summed E-state index contributed by atoms with van der Waals surface area (Å²) in [4.78, 5) is 0. The molecule has 96 valence electrons.